The van der Waals surface area contributed by atoms with E-state index < -0.39 is 15.8 Å². The lowest BCUT2D eigenvalue weighted by atomic mass is 10.1. The number of carboxylic acid groups (broad SMARTS) is 1. The van der Waals surface area contributed by atoms with Gasteiger partial charge in [-0.15, -0.1) is 0 Å². The van der Waals surface area contributed by atoms with Gasteiger partial charge in [-0.05, 0) is 30.3 Å². The molecule has 0 aliphatic heterocycles. The fourth-order valence-electron chi connectivity index (χ4n) is 1.99. The van der Waals surface area contributed by atoms with Gasteiger partial charge in [-0.3, -0.25) is 0 Å². The van der Waals surface area contributed by atoms with E-state index in [1.54, 1.807) is 24.3 Å². The van der Waals surface area contributed by atoms with Crippen LogP contribution in [0, 0.1) is 0 Å². The summed E-state index contributed by atoms with van der Waals surface area (Å²) < 4.78 is 28.6. The first-order valence-electron chi connectivity index (χ1n) is 6.87. The van der Waals surface area contributed by atoms with E-state index in [2.05, 4.69) is 5.10 Å². The molecule has 0 spiro atoms. The van der Waals surface area contributed by atoms with E-state index in [0.717, 1.165) is 6.26 Å². The number of carboxylic acids is 1. The molecule has 0 fully saturated rings. The predicted molar refractivity (Wildman–Crippen MR) is 89.0 cm³/mol. The van der Waals surface area contributed by atoms with Gasteiger partial charge in [0.05, 0.1) is 4.90 Å². The molecule has 2 rings (SSSR count). The first-order chi connectivity index (χ1) is 11.3. The molecule has 0 amide bonds. The summed E-state index contributed by atoms with van der Waals surface area (Å²) in [6.07, 6.45) is 1.13. The van der Waals surface area contributed by atoms with Crippen LogP contribution < -0.4 is 10.6 Å². The molecule has 0 saturated carbocycles. The minimum absolute atomic E-state index is 0.00340. The molecule has 7 nitrogen and oxygen atoms in total. The van der Waals surface area contributed by atoms with E-state index in [9.17, 15) is 13.2 Å². The Morgan fingerprint density at radius 3 is 2.33 bits per heavy atom. The van der Waals surface area contributed by atoms with Crippen molar-refractivity contribution < 1.29 is 23.1 Å². The zero-order valence-corrected chi connectivity index (χ0v) is 13.7. The number of nitrogens with zero attached hydrogens (tertiary/aromatic N) is 1. The Morgan fingerprint density at radius 2 is 1.79 bits per heavy atom. The second-order valence-corrected chi connectivity index (χ2v) is 7.03. The van der Waals surface area contributed by atoms with Crippen LogP contribution in [0.4, 0.5) is 0 Å². The predicted octanol–water partition coefficient (Wildman–Crippen LogP) is 1.82. The van der Waals surface area contributed by atoms with Crippen LogP contribution in [0.1, 0.15) is 5.56 Å². The topological polar surface area (TPSA) is 119 Å². The van der Waals surface area contributed by atoms with Crippen LogP contribution >= 0.6 is 0 Å². The van der Waals surface area contributed by atoms with Crippen molar-refractivity contribution >= 4 is 21.5 Å². The maximum atomic E-state index is 11.5. The van der Waals surface area contributed by atoms with Crippen molar-refractivity contribution in [1.29, 1.82) is 0 Å². The highest BCUT2D eigenvalue weighted by molar-refractivity contribution is 7.90. The lowest BCUT2D eigenvalue weighted by molar-refractivity contribution is -0.129. The number of hydrazone groups is 1. The first kappa shape index (κ1) is 17.5. The number of sulfone groups is 1. The Bertz CT molecular complexity index is 874. The Hall–Kier alpha value is -2.87. The normalized spacial score (nSPS) is 12.0. The third kappa shape index (κ3) is 4.32. The van der Waals surface area contributed by atoms with Crippen LogP contribution in [0.3, 0.4) is 0 Å². The second-order valence-electron chi connectivity index (χ2n) is 5.01. The number of ether oxygens (including phenoxy) is 1. The molecule has 0 aromatic heterocycles. The minimum atomic E-state index is -3.28. The highest BCUT2D eigenvalue weighted by atomic mass is 32.2. The first-order valence-corrected chi connectivity index (χ1v) is 8.76. The number of benzene rings is 2. The maximum Gasteiger partial charge on any atom is 0.352 e. The van der Waals surface area contributed by atoms with Crippen molar-refractivity contribution in [2.75, 3.05) is 6.26 Å². The molecule has 0 heterocycles. The van der Waals surface area contributed by atoms with Gasteiger partial charge in [-0.25, -0.2) is 13.2 Å². The molecule has 2 aromatic carbocycles. The highest BCUT2D eigenvalue weighted by Crippen LogP contribution is 2.26. The molecule has 2 aromatic rings. The fourth-order valence-corrected chi connectivity index (χ4v) is 2.62. The summed E-state index contributed by atoms with van der Waals surface area (Å²) in [5.41, 5.74) is 0.398. The number of aliphatic carboxylic acids is 1. The van der Waals surface area contributed by atoms with Gasteiger partial charge in [0.25, 0.3) is 0 Å². The van der Waals surface area contributed by atoms with E-state index in [-0.39, 0.29) is 17.0 Å². The summed E-state index contributed by atoms with van der Waals surface area (Å²) in [5, 5.41) is 12.3. The number of carbonyl (C=O) groups is 1. The van der Waals surface area contributed by atoms with Crippen LogP contribution in [-0.2, 0) is 21.1 Å². The number of hydrogen-bond acceptors (Lipinski definition) is 6. The molecule has 8 heteroatoms. The largest absolute Gasteiger partial charge is 0.477 e. The highest BCUT2D eigenvalue weighted by Gasteiger charge is 2.14. The summed E-state index contributed by atoms with van der Waals surface area (Å²) in [7, 11) is -3.28. The van der Waals surface area contributed by atoms with Crippen molar-refractivity contribution in [3.8, 4) is 11.5 Å². The van der Waals surface area contributed by atoms with Crippen molar-refractivity contribution in [3.05, 3.63) is 54.1 Å². The van der Waals surface area contributed by atoms with Gasteiger partial charge >= 0.3 is 5.97 Å². The van der Waals surface area contributed by atoms with Crippen molar-refractivity contribution in [1.82, 2.24) is 0 Å². The van der Waals surface area contributed by atoms with Crippen LogP contribution in [0.15, 0.2) is 58.5 Å². The fraction of sp³-hybridized carbons (Fsp3) is 0.125. The van der Waals surface area contributed by atoms with E-state index in [0.29, 0.717) is 17.1 Å². The summed E-state index contributed by atoms with van der Waals surface area (Å²) >= 11 is 0. The molecular formula is C16H16N2O5S. The smallest absolute Gasteiger partial charge is 0.352 e. The van der Waals surface area contributed by atoms with Gasteiger partial charge in [0.15, 0.2) is 9.84 Å². The lowest BCUT2D eigenvalue weighted by Gasteiger charge is -2.11. The number of rotatable bonds is 6. The molecule has 0 saturated heterocycles. The zero-order valence-electron chi connectivity index (χ0n) is 12.8. The molecule has 24 heavy (non-hydrogen) atoms. The Morgan fingerprint density at radius 1 is 1.17 bits per heavy atom. The van der Waals surface area contributed by atoms with Gasteiger partial charge in [0.1, 0.15) is 17.2 Å². The van der Waals surface area contributed by atoms with Crippen molar-refractivity contribution in [3.63, 3.8) is 0 Å². The molecule has 3 N–H and O–H groups in total. The summed E-state index contributed by atoms with van der Waals surface area (Å²) in [6, 6.07) is 12.8. The van der Waals surface area contributed by atoms with Gasteiger partial charge in [-0.1, -0.05) is 18.2 Å². The quantitative estimate of drug-likeness (QED) is 0.467. The number of nitrogens with two attached hydrogens (primary N) is 1. The van der Waals surface area contributed by atoms with E-state index >= 15 is 0 Å². The monoisotopic (exact) mass is 348 g/mol. The molecule has 0 atom stereocenters. The molecule has 0 radical (unpaired) electrons. The average Bonchev–Trinajstić information content (AvgIpc) is 2.53. The van der Waals surface area contributed by atoms with Gasteiger partial charge in [-0.2, -0.15) is 5.10 Å². The van der Waals surface area contributed by atoms with Crippen LogP contribution in [0.5, 0.6) is 11.5 Å². The van der Waals surface area contributed by atoms with Crippen LogP contribution in [0.2, 0.25) is 0 Å². The molecule has 126 valence electrons. The Labute approximate surface area is 139 Å². The van der Waals surface area contributed by atoms with Gasteiger partial charge < -0.3 is 15.7 Å². The van der Waals surface area contributed by atoms with Crippen molar-refractivity contribution in [2.24, 2.45) is 10.9 Å². The molecule has 0 unspecified atom stereocenters. The average molecular weight is 348 g/mol. The SMILES string of the molecule is CS(=O)(=O)c1ccc(Oc2ccccc2CC(=NN)C(=O)O)cc1. The Kier molecular flexibility index (Phi) is 5.20. The summed E-state index contributed by atoms with van der Waals surface area (Å²) in [4.78, 5) is 11.2. The minimum Gasteiger partial charge on any atom is -0.477 e. The standard InChI is InChI=1S/C16H16N2O5S/c1-24(21,22)13-8-6-12(7-9-13)23-15-5-3-2-4-11(15)10-14(18-17)16(19)20/h2-9H,10,17H2,1H3,(H,19,20). The van der Waals surface area contributed by atoms with Gasteiger partial charge in [0, 0.05) is 18.2 Å². The summed E-state index contributed by atoms with van der Waals surface area (Å²) in [6.45, 7) is 0. The second kappa shape index (κ2) is 7.14. The van der Waals surface area contributed by atoms with Crippen LogP contribution in [-0.4, -0.2) is 31.5 Å². The number of para-hydroxylation sites is 1. The lowest BCUT2D eigenvalue weighted by Crippen LogP contribution is -2.18. The Balaban J connectivity index is 2.26. The maximum absolute atomic E-state index is 11.5. The molecule has 0 aliphatic rings. The zero-order chi connectivity index (χ0) is 17.7. The third-order valence-electron chi connectivity index (χ3n) is 3.21. The van der Waals surface area contributed by atoms with Gasteiger partial charge in [0.2, 0.25) is 0 Å². The van der Waals surface area contributed by atoms with Crippen LogP contribution in [0.25, 0.3) is 0 Å². The molecule has 0 aliphatic carbocycles. The summed E-state index contributed by atoms with van der Waals surface area (Å²) in [5.74, 6) is 4.75. The number of hydrogen-bond donors (Lipinski definition) is 2. The molecular weight excluding hydrogens is 332 g/mol. The van der Waals surface area contributed by atoms with E-state index in [4.69, 9.17) is 15.7 Å². The third-order valence-corrected chi connectivity index (χ3v) is 4.34. The molecule has 0 bridgehead atoms. The van der Waals surface area contributed by atoms with E-state index in [1.165, 1.54) is 24.3 Å². The van der Waals surface area contributed by atoms with Crippen molar-refractivity contribution in [2.45, 2.75) is 11.3 Å². The van der Waals surface area contributed by atoms with E-state index in [1.807, 2.05) is 0 Å².